The molecule has 0 atom stereocenters. The van der Waals surface area contributed by atoms with E-state index in [1.165, 1.54) is 0 Å². The van der Waals surface area contributed by atoms with Gasteiger partial charge in [0.15, 0.2) is 0 Å². The number of alkyl halides is 1. The SMILES string of the molecule is COc1ccc(N2Cc3nc(C)c(CCl)c(-c4ccc(Cl)cc4Cl)c3C2=O)cc1. The summed E-state index contributed by atoms with van der Waals surface area (Å²) in [5.41, 5.74) is 5.03. The lowest BCUT2D eigenvalue weighted by Gasteiger charge is -2.17. The van der Waals surface area contributed by atoms with E-state index in [2.05, 4.69) is 4.98 Å². The number of aryl methyl sites for hydroxylation is 1. The highest BCUT2D eigenvalue weighted by molar-refractivity contribution is 6.37. The summed E-state index contributed by atoms with van der Waals surface area (Å²) in [4.78, 5) is 19.8. The molecule has 148 valence electrons. The first-order valence-electron chi connectivity index (χ1n) is 8.94. The Bertz CT molecular complexity index is 1110. The molecule has 0 saturated heterocycles. The van der Waals surface area contributed by atoms with Gasteiger partial charge in [0.2, 0.25) is 0 Å². The molecule has 4 rings (SSSR count). The van der Waals surface area contributed by atoms with Crippen LogP contribution in [0.4, 0.5) is 5.69 Å². The second kappa shape index (κ2) is 7.86. The maximum absolute atomic E-state index is 13.4. The topological polar surface area (TPSA) is 42.4 Å². The standard InChI is InChI=1S/C22H17Cl3N2O2/c1-12-17(10-23)20(16-8-3-13(24)9-18(16)25)21-19(26-12)11-27(22(21)28)14-4-6-15(29-2)7-5-14/h3-9H,10-11H2,1-2H3. The molecule has 0 saturated carbocycles. The van der Waals surface area contributed by atoms with Crippen LogP contribution in [0.5, 0.6) is 5.75 Å². The normalized spacial score (nSPS) is 13.0. The van der Waals surface area contributed by atoms with Crippen molar-refractivity contribution in [2.45, 2.75) is 19.3 Å². The smallest absolute Gasteiger partial charge is 0.261 e. The highest BCUT2D eigenvalue weighted by Gasteiger charge is 2.35. The number of rotatable bonds is 4. The number of nitrogens with zero attached hydrogens (tertiary/aromatic N) is 2. The quantitative estimate of drug-likeness (QED) is 0.443. The molecule has 0 unspecified atom stereocenters. The van der Waals surface area contributed by atoms with Gasteiger partial charge in [0, 0.05) is 38.4 Å². The summed E-state index contributed by atoms with van der Waals surface area (Å²) in [6.07, 6.45) is 0. The fourth-order valence-corrected chi connectivity index (χ4v) is 4.46. The number of methoxy groups -OCH3 is 1. The molecular formula is C22H17Cl3N2O2. The van der Waals surface area contributed by atoms with Crippen molar-refractivity contribution in [2.24, 2.45) is 0 Å². The summed E-state index contributed by atoms with van der Waals surface area (Å²) >= 11 is 18.8. The van der Waals surface area contributed by atoms with Gasteiger partial charge in [0.05, 0.1) is 24.9 Å². The summed E-state index contributed by atoms with van der Waals surface area (Å²) in [7, 11) is 1.61. The van der Waals surface area contributed by atoms with Crippen molar-refractivity contribution in [3.8, 4) is 16.9 Å². The number of pyridine rings is 1. The Balaban J connectivity index is 1.89. The number of fused-ring (bicyclic) bond motifs is 1. The number of halogens is 3. The number of anilines is 1. The largest absolute Gasteiger partial charge is 0.497 e. The van der Waals surface area contributed by atoms with Crippen LogP contribution >= 0.6 is 34.8 Å². The fourth-order valence-electron chi connectivity index (χ4n) is 3.63. The molecule has 1 amide bonds. The minimum Gasteiger partial charge on any atom is -0.497 e. The Morgan fingerprint density at radius 3 is 2.45 bits per heavy atom. The van der Waals surface area contributed by atoms with Gasteiger partial charge in [-0.15, -0.1) is 11.6 Å². The molecule has 0 aliphatic carbocycles. The predicted octanol–water partition coefficient (Wildman–Crippen LogP) is 6.27. The Kier molecular flexibility index (Phi) is 5.43. The zero-order valence-corrected chi connectivity index (χ0v) is 18.1. The molecule has 0 N–H and O–H groups in total. The molecule has 1 aliphatic rings. The average Bonchev–Trinajstić information content (AvgIpc) is 3.03. The molecule has 0 radical (unpaired) electrons. The van der Waals surface area contributed by atoms with Gasteiger partial charge in [-0.3, -0.25) is 9.78 Å². The van der Waals surface area contributed by atoms with E-state index in [1.807, 2.05) is 37.3 Å². The number of ether oxygens (including phenoxy) is 1. The molecule has 3 aromatic rings. The fraction of sp³-hybridized carbons (Fsp3) is 0.182. The molecular weight excluding hydrogens is 431 g/mol. The Labute approximate surface area is 184 Å². The number of benzene rings is 2. The van der Waals surface area contributed by atoms with Gasteiger partial charge in [-0.25, -0.2) is 0 Å². The molecule has 0 spiro atoms. The number of hydrogen-bond acceptors (Lipinski definition) is 3. The van der Waals surface area contributed by atoms with Crippen molar-refractivity contribution in [2.75, 3.05) is 12.0 Å². The molecule has 7 heteroatoms. The molecule has 0 fully saturated rings. The van der Waals surface area contributed by atoms with Crippen LogP contribution < -0.4 is 9.64 Å². The maximum atomic E-state index is 13.4. The zero-order valence-electron chi connectivity index (χ0n) is 15.8. The first kappa shape index (κ1) is 20.0. The number of carbonyl (C=O) groups excluding carboxylic acids is 1. The van der Waals surface area contributed by atoms with Gasteiger partial charge in [-0.2, -0.15) is 0 Å². The van der Waals surface area contributed by atoms with E-state index in [0.29, 0.717) is 27.8 Å². The number of aromatic nitrogens is 1. The van der Waals surface area contributed by atoms with Gasteiger partial charge in [-0.05, 0) is 48.9 Å². The van der Waals surface area contributed by atoms with E-state index in [9.17, 15) is 4.79 Å². The van der Waals surface area contributed by atoms with Crippen molar-refractivity contribution in [1.29, 1.82) is 0 Å². The Morgan fingerprint density at radius 1 is 1.10 bits per heavy atom. The first-order valence-corrected chi connectivity index (χ1v) is 10.2. The van der Waals surface area contributed by atoms with E-state index in [4.69, 9.17) is 39.5 Å². The van der Waals surface area contributed by atoms with Crippen molar-refractivity contribution < 1.29 is 9.53 Å². The number of amides is 1. The van der Waals surface area contributed by atoms with E-state index >= 15 is 0 Å². The summed E-state index contributed by atoms with van der Waals surface area (Å²) < 4.78 is 5.21. The first-order chi connectivity index (χ1) is 13.9. The van der Waals surface area contributed by atoms with E-state index in [1.54, 1.807) is 24.1 Å². The minimum atomic E-state index is -0.134. The van der Waals surface area contributed by atoms with Crippen LogP contribution in [0.2, 0.25) is 10.0 Å². The molecule has 4 nitrogen and oxygen atoms in total. The van der Waals surface area contributed by atoms with Crippen LogP contribution in [0.15, 0.2) is 42.5 Å². The average molecular weight is 448 g/mol. The molecule has 1 aromatic heterocycles. The summed E-state index contributed by atoms with van der Waals surface area (Å²) in [5.74, 6) is 0.811. The van der Waals surface area contributed by atoms with Crippen LogP contribution in [0, 0.1) is 6.92 Å². The Hall–Kier alpha value is -2.27. The molecule has 29 heavy (non-hydrogen) atoms. The number of hydrogen-bond donors (Lipinski definition) is 0. The summed E-state index contributed by atoms with van der Waals surface area (Å²) in [6, 6.07) is 12.6. The lowest BCUT2D eigenvalue weighted by Crippen LogP contribution is -2.23. The minimum absolute atomic E-state index is 0.134. The maximum Gasteiger partial charge on any atom is 0.261 e. The second-order valence-corrected chi connectivity index (χ2v) is 7.83. The lowest BCUT2D eigenvalue weighted by atomic mass is 9.93. The van der Waals surface area contributed by atoms with Crippen LogP contribution in [-0.4, -0.2) is 18.0 Å². The molecule has 2 aromatic carbocycles. The third kappa shape index (κ3) is 3.46. The van der Waals surface area contributed by atoms with Gasteiger partial charge >= 0.3 is 0 Å². The second-order valence-electron chi connectivity index (χ2n) is 6.72. The van der Waals surface area contributed by atoms with Crippen molar-refractivity contribution >= 4 is 46.4 Å². The van der Waals surface area contributed by atoms with Crippen molar-refractivity contribution in [1.82, 2.24) is 4.98 Å². The highest BCUT2D eigenvalue weighted by Crippen LogP contribution is 2.41. The van der Waals surface area contributed by atoms with E-state index in [0.717, 1.165) is 33.8 Å². The Morgan fingerprint density at radius 2 is 1.83 bits per heavy atom. The van der Waals surface area contributed by atoms with E-state index < -0.39 is 0 Å². The lowest BCUT2D eigenvalue weighted by molar-refractivity contribution is 0.0997. The van der Waals surface area contributed by atoms with Gasteiger partial charge in [-0.1, -0.05) is 29.3 Å². The van der Waals surface area contributed by atoms with Gasteiger partial charge < -0.3 is 9.64 Å². The number of carbonyl (C=O) groups is 1. The van der Waals surface area contributed by atoms with Crippen LogP contribution in [-0.2, 0) is 12.4 Å². The van der Waals surface area contributed by atoms with E-state index in [-0.39, 0.29) is 11.8 Å². The molecule has 2 heterocycles. The van der Waals surface area contributed by atoms with Gasteiger partial charge in [0.1, 0.15) is 5.75 Å². The van der Waals surface area contributed by atoms with Gasteiger partial charge in [0.25, 0.3) is 5.91 Å². The van der Waals surface area contributed by atoms with Crippen molar-refractivity contribution in [3.05, 3.63) is 75.0 Å². The highest BCUT2D eigenvalue weighted by atomic mass is 35.5. The predicted molar refractivity (Wildman–Crippen MR) is 117 cm³/mol. The third-order valence-electron chi connectivity index (χ3n) is 5.06. The third-order valence-corrected chi connectivity index (χ3v) is 5.88. The van der Waals surface area contributed by atoms with Crippen molar-refractivity contribution in [3.63, 3.8) is 0 Å². The molecule has 1 aliphatic heterocycles. The molecule has 0 bridgehead atoms. The van der Waals surface area contributed by atoms with Crippen LogP contribution in [0.3, 0.4) is 0 Å². The van der Waals surface area contributed by atoms with Crippen LogP contribution in [0.1, 0.15) is 27.3 Å². The van der Waals surface area contributed by atoms with Crippen LogP contribution in [0.25, 0.3) is 11.1 Å². The summed E-state index contributed by atoms with van der Waals surface area (Å²) in [5, 5.41) is 0.993. The monoisotopic (exact) mass is 446 g/mol. The zero-order chi connectivity index (χ0) is 20.7. The summed E-state index contributed by atoms with van der Waals surface area (Å²) in [6.45, 7) is 2.27.